The third kappa shape index (κ3) is 3.93. The molecule has 18 heavy (non-hydrogen) atoms. The van der Waals surface area contributed by atoms with Crippen LogP contribution < -0.4 is 10.2 Å². The number of hydrogen-bond donors (Lipinski definition) is 1. The zero-order valence-electron chi connectivity index (χ0n) is 12.1. The van der Waals surface area contributed by atoms with E-state index in [-0.39, 0.29) is 0 Å². The summed E-state index contributed by atoms with van der Waals surface area (Å²) >= 11 is 1.78. The molecular formula is C13H25N3OS. The van der Waals surface area contributed by atoms with E-state index in [1.165, 1.54) is 10.6 Å². The van der Waals surface area contributed by atoms with Crippen LogP contribution >= 0.6 is 11.3 Å². The maximum Gasteiger partial charge on any atom is 0.185 e. The number of thiazole rings is 1. The van der Waals surface area contributed by atoms with Crippen LogP contribution in [0.5, 0.6) is 0 Å². The lowest BCUT2D eigenvalue weighted by atomic mass is 10.3. The van der Waals surface area contributed by atoms with Gasteiger partial charge in [-0.15, -0.1) is 11.3 Å². The van der Waals surface area contributed by atoms with Crippen molar-refractivity contribution in [2.24, 2.45) is 0 Å². The highest BCUT2D eigenvalue weighted by Crippen LogP contribution is 2.27. The van der Waals surface area contributed by atoms with Gasteiger partial charge >= 0.3 is 0 Å². The first kappa shape index (κ1) is 15.4. The molecule has 0 fully saturated rings. The number of nitrogens with zero attached hydrogens (tertiary/aromatic N) is 2. The smallest absolute Gasteiger partial charge is 0.185 e. The third-order valence-corrected chi connectivity index (χ3v) is 4.20. The van der Waals surface area contributed by atoms with Gasteiger partial charge in [0.2, 0.25) is 0 Å². The lowest BCUT2D eigenvalue weighted by molar-refractivity contribution is 0.183. The standard InChI is InChI=1S/C13H25N3OS/c1-6-11-12(8-14-7-2)18-13(15-11)16(4)10(3)9-17-5/h10,14H,6-9H2,1-5H3. The molecule has 0 aromatic carbocycles. The molecule has 1 aromatic heterocycles. The van der Waals surface area contributed by atoms with Gasteiger partial charge in [0.15, 0.2) is 5.13 Å². The molecule has 0 radical (unpaired) electrons. The van der Waals surface area contributed by atoms with E-state index in [4.69, 9.17) is 9.72 Å². The second kappa shape index (κ2) is 7.71. The Morgan fingerprint density at radius 2 is 2.17 bits per heavy atom. The van der Waals surface area contributed by atoms with Crippen molar-refractivity contribution in [3.63, 3.8) is 0 Å². The summed E-state index contributed by atoms with van der Waals surface area (Å²) in [7, 11) is 3.82. The molecule has 1 rings (SSSR count). The van der Waals surface area contributed by atoms with Crippen molar-refractivity contribution in [1.82, 2.24) is 10.3 Å². The van der Waals surface area contributed by atoms with Gasteiger partial charge in [-0.1, -0.05) is 13.8 Å². The molecule has 5 heteroatoms. The number of likely N-dealkylation sites (N-methyl/N-ethyl adjacent to an activating group) is 1. The molecular weight excluding hydrogens is 246 g/mol. The number of nitrogens with one attached hydrogen (secondary N) is 1. The van der Waals surface area contributed by atoms with E-state index in [1.807, 2.05) is 0 Å². The maximum atomic E-state index is 5.20. The highest BCUT2D eigenvalue weighted by molar-refractivity contribution is 7.15. The minimum absolute atomic E-state index is 0.345. The van der Waals surface area contributed by atoms with E-state index < -0.39 is 0 Å². The van der Waals surface area contributed by atoms with Gasteiger partial charge in [-0.05, 0) is 19.9 Å². The minimum Gasteiger partial charge on any atom is -0.383 e. The lowest BCUT2D eigenvalue weighted by Crippen LogP contribution is -2.32. The number of ether oxygens (including phenoxy) is 1. The highest BCUT2D eigenvalue weighted by atomic mass is 32.1. The van der Waals surface area contributed by atoms with Crippen LogP contribution in [0.25, 0.3) is 0 Å². The second-order valence-corrected chi connectivity index (χ2v) is 5.48. The van der Waals surface area contributed by atoms with Crippen LogP contribution in [-0.4, -0.2) is 38.3 Å². The van der Waals surface area contributed by atoms with E-state index in [2.05, 4.69) is 38.0 Å². The first-order chi connectivity index (χ1) is 8.63. The number of aryl methyl sites for hydroxylation is 1. The van der Waals surface area contributed by atoms with Crippen LogP contribution in [-0.2, 0) is 17.7 Å². The normalized spacial score (nSPS) is 12.7. The largest absolute Gasteiger partial charge is 0.383 e. The summed E-state index contributed by atoms with van der Waals surface area (Å²) in [6, 6.07) is 0.345. The molecule has 0 aliphatic carbocycles. The zero-order valence-corrected chi connectivity index (χ0v) is 12.9. The topological polar surface area (TPSA) is 37.4 Å². The maximum absolute atomic E-state index is 5.20. The van der Waals surface area contributed by atoms with Crippen LogP contribution in [0.15, 0.2) is 0 Å². The summed E-state index contributed by atoms with van der Waals surface area (Å²) in [6.45, 7) is 9.07. The Kier molecular flexibility index (Phi) is 6.60. The van der Waals surface area contributed by atoms with Crippen molar-refractivity contribution < 1.29 is 4.74 Å². The fourth-order valence-electron chi connectivity index (χ4n) is 1.71. The molecule has 1 N–H and O–H groups in total. The van der Waals surface area contributed by atoms with Gasteiger partial charge in [-0.3, -0.25) is 0 Å². The van der Waals surface area contributed by atoms with Crippen LogP contribution in [0, 0.1) is 0 Å². The summed E-state index contributed by atoms with van der Waals surface area (Å²) in [5.41, 5.74) is 1.22. The molecule has 0 spiro atoms. The Morgan fingerprint density at radius 1 is 1.44 bits per heavy atom. The van der Waals surface area contributed by atoms with Gasteiger partial charge in [0.05, 0.1) is 18.3 Å². The fraction of sp³-hybridized carbons (Fsp3) is 0.769. The molecule has 0 saturated carbocycles. The number of aromatic nitrogens is 1. The van der Waals surface area contributed by atoms with Gasteiger partial charge in [0.25, 0.3) is 0 Å². The summed E-state index contributed by atoms with van der Waals surface area (Å²) in [4.78, 5) is 8.28. The predicted molar refractivity (Wildman–Crippen MR) is 78.6 cm³/mol. The fourth-order valence-corrected chi connectivity index (χ4v) is 2.90. The van der Waals surface area contributed by atoms with Gasteiger partial charge in [0, 0.05) is 25.6 Å². The molecule has 1 atom stereocenters. The van der Waals surface area contributed by atoms with Crippen molar-refractivity contribution in [3.05, 3.63) is 10.6 Å². The van der Waals surface area contributed by atoms with E-state index in [9.17, 15) is 0 Å². The average molecular weight is 271 g/mol. The Bertz CT molecular complexity index is 354. The van der Waals surface area contributed by atoms with E-state index in [0.29, 0.717) is 6.04 Å². The van der Waals surface area contributed by atoms with Gasteiger partial charge in [-0.25, -0.2) is 4.98 Å². The van der Waals surface area contributed by atoms with Gasteiger partial charge < -0.3 is 15.0 Å². The summed E-state index contributed by atoms with van der Waals surface area (Å²) < 4.78 is 5.20. The SMILES string of the molecule is CCNCc1sc(N(C)C(C)COC)nc1CC. The molecule has 1 heterocycles. The lowest BCUT2D eigenvalue weighted by Gasteiger charge is -2.23. The molecule has 0 aliphatic rings. The Morgan fingerprint density at radius 3 is 2.72 bits per heavy atom. The van der Waals surface area contributed by atoms with Crippen LogP contribution in [0.3, 0.4) is 0 Å². The Hall–Kier alpha value is -0.650. The Balaban J connectivity index is 2.79. The first-order valence-electron chi connectivity index (χ1n) is 6.55. The quantitative estimate of drug-likeness (QED) is 0.787. The Labute approximate surface area is 114 Å². The molecule has 0 bridgehead atoms. The first-order valence-corrected chi connectivity index (χ1v) is 7.36. The molecule has 0 aliphatic heterocycles. The number of anilines is 1. The zero-order chi connectivity index (χ0) is 13.5. The molecule has 104 valence electrons. The van der Waals surface area contributed by atoms with Crippen molar-refractivity contribution in [3.8, 4) is 0 Å². The van der Waals surface area contributed by atoms with Crippen LogP contribution in [0.4, 0.5) is 5.13 Å². The number of rotatable bonds is 8. The van der Waals surface area contributed by atoms with Gasteiger partial charge in [-0.2, -0.15) is 0 Å². The van der Waals surface area contributed by atoms with Crippen molar-refractivity contribution in [2.75, 3.05) is 32.2 Å². The number of hydrogen-bond acceptors (Lipinski definition) is 5. The molecule has 0 amide bonds. The molecule has 1 aromatic rings. The minimum atomic E-state index is 0.345. The van der Waals surface area contributed by atoms with E-state index in [1.54, 1.807) is 18.4 Å². The van der Waals surface area contributed by atoms with Gasteiger partial charge in [0.1, 0.15) is 0 Å². The summed E-state index contributed by atoms with van der Waals surface area (Å²) in [5.74, 6) is 0. The third-order valence-electron chi connectivity index (χ3n) is 3.01. The van der Waals surface area contributed by atoms with E-state index in [0.717, 1.165) is 31.2 Å². The van der Waals surface area contributed by atoms with Crippen molar-refractivity contribution >= 4 is 16.5 Å². The van der Waals surface area contributed by atoms with E-state index >= 15 is 0 Å². The highest BCUT2D eigenvalue weighted by Gasteiger charge is 2.16. The second-order valence-electron chi connectivity index (χ2n) is 4.42. The van der Waals surface area contributed by atoms with Crippen molar-refractivity contribution in [1.29, 1.82) is 0 Å². The average Bonchev–Trinajstić information content (AvgIpc) is 2.78. The molecule has 1 unspecified atom stereocenters. The van der Waals surface area contributed by atoms with Crippen molar-refractivity contribution in [2.45, 2.75) is 39.8 Å². The summed E-state index contributed by atoms with van der Waals surface area (Å²) in [6.07, 6.45) is 0.990. The molecule has 0 saturated heterocycles. The van der Waals surface area contributed by atoms with Crippen LogP contribution in [0.1, 0.15) is 31.3 Å². The predicted octanol–water partition coefficient (Wildman–Crippen LogP) is 2.29. The number of methoxy groups -OCH3 is 1. The monoisotopic (exact) mass is 271 g/mol. The van der Waals surface area contributed by atoms with Crippen LogP contribution in [0.2, 0.25) is 0 Å². The molecule has 4 nitrogen and oxygen atoms in total. The summed E-state index contributed by atoms with van der Waals surface area (Å²) in [5, 5.41) is 4.46.